The molecular weight excluding hydrogens is 1220 g/mol. The van der Waals surface area contributed by atoms with Gasteiger partial charge in [0.1, 0.15) is 19.3 Å². The van der Waals surface area contributed by atoms with E-state index in [1.807, 2.05) is 0 Å². The van der Waals surface area contributed by atoms with Crippen LogP contribution in [0.4, 0.5) is 0 Å². The SMILES string of the molecule is CCCCCCCCCCCCCCCCCCCC(=O)O[C@H](COC(=O)CCCCCCCCCCCCCCC(C)C)COP(=O)(O)OC[C@@H](O)COP(=O)(O)OC[C@@H](COC(=O)CCCCCCCCC)OC(=O)CCCCCCCCCCCCCCCC. The van der Waals surface area contributed by atoms with Crippen LogP contribution in [0.3, 0.4) is 0 Å². The van der Waals surface area contributed by atoms with Crippen LogP contribution in [0.25, 0.3) is 0 Å². The lowest BCUT2D eigenvalue weighted by molar-refractivity contribution is -0.161. The fraction of sp³-hybridized carbons (Fsp3) is 0.946. The summed E-state index contributed by atoms with van der Waals surface area (Å²) in [5, 5.41) is 10.6. The molecule has 93 heavy (non-hydrogen) atoms. The molecule has 0 rings (SSSR count). The van der Waals surface area contributed by atoms with Gasteiger partial charge in [0.15, 0.2) is 12.2 Å². The van der Waals surface area contributed by atoms with Crippen molar-refractivity contribution < 1.29 is 80.2 Å². The number of carbonyl (C=O) groups excluding carboxylic acids is 4. The van der Waals surface area contributed by atoms with Crippen molar-refractivity contribution >= 4 is 39.5 Å². The minimum atomic E-state index is -4.95. The molecule has 19 heteroatoms. The zero-order chi connectivity index (χ0) is 68.4. The molecule has 0 aliphatic rings. The summed E-state index contributed by atoms with van der Waals surface area (Å²) in [6.07, 6.45) is 55.5. The average molecular weight is 1370 g/mol. The van der Waals surface area contributed by atoms with Gasteiger partial charge in [0.2, 0.25) is 0 Å². The van der Waals surface area contributed by atoms with Crippen molar-refractivity contribution in [1.82, 2.24) is 0 Å². The van der Waals surface area contributed by atoms with Crippen LogP contribution in [0.1, 0.15) is 388 Å². The second-order valence-corrected chi connectivity index (χ2v) is 30.1. The van der Waals surface area contributed by atoms with Crippen LogP contribution in [0.5, 0.6) is 0 Å². The van der Waals surface area contributed by atoms with E-state index in [1.54, 1.807) is 0 Å². The van der Waals surface area contributed by atoms with E-state index in [-0.39, 0.29) is 25.7 Å². The summed E-state index contributed by atoms with van der Waals surface area (Å²) >= 11 is 0. The van der Waals surface area contributed by atoms with Crippen molar-refractivity contribution in [1.29, 1.82) is 0 Å². The van der Waals surface area contributed by atoms with E-state index in [0.29, 0.717) is 25.7 Å². The number of rotatable bonds is 74. The summed E-state index contributed by atoms with van der Waals surface area (Å²) in [4.78, 5) is 72.6. The van der Waals surface area contributed by atoms with E-state index in [1.165, 1.54) is 199 Å². The number of phosphoric ester groups is 2. The molecule has 0 heterocycles. The highest BCUT2D eigenvalue weighted by Crippen LogP contribution is 2.45. The van der Waals surface area contributed by atoms with Gasteiger partial charge in [0.05, 0.1) is 26.4 Å². The van der Waals surface area contributed by atoms with Gasteiger partial charge in [0, 0.05) is 25.7 Å². The Balaban J connectivity index is 5.20. The van der Waals surface area contributed by atoms with Gasteiger partial charge in [-0.2, -0.15) is 0 Å². The molecule has 0 fully saturated rings. The number of phosphoric acid groups is 2. The molecular formula is C74H144O17P2. The molecule has 0 bridgehead atoms. The minimum absolute atomic E-state index is 0.108. The molecule has 5 atom stereocenters. The fourth-order valence-corrected chi connectivity index (χ4v) is 12.9. The lowest BCUT2D eigenvalue weighted by Crippen LogP contribution is -2.30. The largest absolute Gasteiger partial charge is 0.472 e. The van der Waals surface area contributed by atoms with Crippen molar-refractivity contribution in [3.8, 4) is 0 Å². The summed E-state index contributed by atoms with van der Waals surface area (Å²) in [6.45, 7) is 7.26. The zero-order valence-corrected chi connectivity index (χ0v) is 62.2. The Morgan fingerprint density at radius 1 is 0.290 bits per heavy atom. The van der Waals surface area contributed by atoms with Gasteiger partial charge in [-0.05, 0) is 31.6 Å². The van der Waals surface area contributed by atoms with E-state index >= 15 is 0 Å². The molecule has 0 aliphatic carbocycles. The maximum absolute atomic E-state index is 13.1. The van der Waals surface area contributed by atoms with Crippen molar-refractivity contribution in [3.05, 3.63) is 0 Å². The first-order chi connectivity index (χ1) is 45.0. The van der Waals surface area contributed by atoms with Crippen LogP contribution in [-0.4, -0.2) is 96.7 Å². The Bertz CT molecular complexity index is 1790. The van der Waals surface area contributed by atoms with E-state index in [0.717, 1.165) is 109 Å². The monoisotopic (exact) mass is 1370 g/mol. The van der Waals surface area contributed by atoms with Crippen LogP contribution < -0.4 is 0 Å². The number of hydrogen-bond acceptors (Lipinski definition) is 15. The van der Waals surface area contributed by atoms with Crippen LogP contribution in [0, 0.1) is 5.92 Å². The molecule has 0 spiro atoms. The average Bonchev–Trinajstić information content (AvgIpc) is 3.16. The minimum Gasteiger partial charge on any atom is -0.462 e. The summed E-state index contributed by atoms with van der Waals surface area (Å²) < 4.78 is 68.4. The fourth-order valence-electron chi connectivity index (χ4n) is 11.4. The number of esters is 4. The highest BCUT2D eigenvalue weighted by atomic mass is 31.2. The third-order valence-corrected chi connectivity index (χ3v) is 19.2. The molecule has 0 saturated carbocycles. The van der Waals surface area contributed by atoms with Gasteiger partial charge in [-0.3, -0.25) is 37.3 Å². The quantitative estimate of drug-likeness (QED) is 0.0222. The van der Waals surface area contributed by atoms with Crippen LogP contribution in [-0.2, 0) is 65.4 Å². The normalized spacial score (nSPS) is 14.0. The first-order valence-electron chi connectivity index (χ1n) is 38.6. The summed E-state index contributed by atoms with van der Waals surface area (Å²) in [7, 11) is -9.90. The maximum Gasteiger partial charge on any atom is 0.472 e. The molecule has 2 unspecified atom stereocenters. The predicted molar refractivity (Wildman–Crippen MR) is 377 cm³/mol. The molecule has 0 saturated heterocycles. The predicted octanol–water partition coefficient (Wildman–Crippen LogP) is 21.7. The number of carbonyl (C=O) groups is 4. The first kappa shape index (κ1) is 91.1. The Morgan fingerprint density at radius 3 is 0.731 bits per heavy atom. The molecule has 0 aromatic rings. The number of hydrogen-bond donors (Lipinski definition) is 3. The molecule has 0 aromatic heterocycles. The van der Waals surface area contributed by atoms with Gasteiger partial charge in [0.25, 0.3) is 0 Å². The summed E-state index contributed by atoms with van der Waals surface area (Å²) in [6, 6.07) is 0. The number of aliphatic hydroxyl groups excluding tert-OH is 1. The lowest BCUT2D eigenvalue weighted by atomic mass is 10.0. The maximum atomic E-state index is 13.1. The van der Waals surface area contributed by atoms with E-state index in [9.17, 15) is 43.2 Å². The Labute approximate surface area is 568 Å². The van der Waals surface area contributed by atoms with Gasteiger partial charge in [-0.1, -0.05) is 336 Å². The van der Waals surface area contributed by atoms with Crippen LogP contribution in [0.2, 0.25) is 0 Å². The second kappa shape index (κ2) is 67.3. The second-order valence-electron chi connectivity index (χ2n) is 27.2. The smallest absolute Gasteiger partial charge is 0.462 e. The lowest BCUT2D eigenvalue weighted by Gasteiger charge is -2.21. The first-order valence-corrected chi connectivity index (χ1v) is 41.6. The van der Waals surface area contributed by atoms with Gasteiger partial charge >= 0.3 is 39.5 Å². The van der Waals surface area contributed by atoms with E-state index < -0.39 is 97.5 Å². The molecule has 552 valence electrons. The van der Waals surface area contributed by atoms with E-state index in [2.05, 4.69) is 34.6 Å². The molecule has 17 nitrogen and oxygen atoms in total. The van der Waals surface area contributed by atoms with E-state index in [4.69, 9.17) is 37.0 Å². The van der Waals surface area contributed by atoms with Crippen molar-refractivity contribution in [2.45, 2.75) is 406 Å². The third-order valence-electron chi connectivity index (χ3n) is 17.3. The molecule has 0 radical (unpaired) electrons. The summed E-state index contributed by atoms with van der Waals surface area (Å²) in [5.74, 6) is -1.34. The molecule has 0 aromatic carbocycles. The number of ether oxygens (including phenoxy) is 4. The van der Waals surface area contributed by atoms with Crippen molar-refractivity contribution in [2.24, 2.45) is 5.92 Å². The number of aliphatic hydroxyl groups is 1. The third kappa shape index (κ3) is 68.4. The van der Waals surface area contributed by atoms with Gasteiger partial charge in [-0.25, -0.2) is 9.13 Å². The van der Waals surface area contributed by atoms with Gasteiger partial charge in [-0.15, -0.1) is 0 Å². The standard InChI is InChI=1S/C74H144O17P2/c1-6-9-12-15-18-20-22-24-26-27-28-30-36-40-45-50-55-60-74(79)91-70(64-85-72(77)58-53-48-43-38-34-32-31-33-37-42-46-51-56-67(4)5)66-89-93(82,83)87-62-68(75)61-86-92(80,81)88-65-69(63-84-71(76)57-52-47-41-17-14-11-8-3)90-73(78)59-54-49-44-39-35-29-25-23-21-19-16-13-10-7-2/h67-70,75H,6-66H2,1-5H3,(H,80,81)(H,82,83)/t68-,69+,70+/m0/s1. The topological polar surface area (TPSA) is 237 Å². The Hall–Kier alpha value is -1.94. The Kier molecular flexibility index (Phi) is 65.9. The zero-order valence-electron chi connectivity index (χ0n) is 60.4. The van der Waals surface area contributed by atoms with Gasteiger partial charge < -0.3 is 33.8 Å². The summed E-state index contributed by atoms with van der Waals surface area (Å²) in [5.41, 5.74) is 0. The highest BCUT2D eigenvalue weighted by molar-refractivity contribution is 7.47. The van der Waals surface area contributed by atoms with Crippen LogP contribution in [0.15, 0.2) is 0 Å². The molecule has 3 N–H and O–H groups in total. The molecule has 0 amide bonds. The number of unbranched alkanes of at least 4 members (excludes halogenated alkanes) is 46. The van der Waals surface area contributed by atoms with Crippen molar-refractivity contribution in [3.63, 3.8) is 0 Å². The Morgan fingerprint density at radius 2 is 0.495 bits per heavy atom. The highest BCUT2D eigenvalue weighted by Gasteiger charge is 2.30. The molecule has 0 aliphatic heterocycles. The van der Waals surface area contributed by atoms with Crippen LogP contribution >= 0.6 is 15.6 Å². The van der Waals surface area contributed by atoms with Crippen molar-refractivity contribution in [2.75, 3.05) is 39.6 Å².